The molecule has 0 bridgehead atoms. The third-order valence-corrected chi connectivity index (χ3v) is 9.66. The molecule has 0 radical (unpaired) electrons. The number of hydrogen-bond donors (Lipinski definition) is 1. The third-order valence-electron chi connectivity index (χ3n) is 9.66. The van der Waals surface area contributed by atoms with Gasteiger partial charge in [-0.25, -0.2) is 9.18 Å². The molecule has 1 N–H and O–H groups in total. The van der Waals surface area contributed by atoms with Gasteiger partial charge in [-0.15, -0.1) is 10.1 Å². The van der Waals surface area contributed by atoms with E-state index in [1.165, 1.54) is 6.08 Å². The number of aliphatic hydroxyl groups is 1. The number of nitrogens with zero attached hydrogens (tertiary/aromatic N) is 1. The van der Waals surface area contributed by atoms with Crippen LogP contribution in [0.25, 0.3) is 0 Å². The van der Waals surface area contributed by atoms with Crippen LogP contribution in [0.2, 0.25) is 0 Å². The second-order valence-corrected chi connectivity index (χ2v) is 11.9. The quantitative estimate of drug-likeness (QED) is 0.231. The molecule has 5 rings (SSSR count). The van der Waals surface area contributed by atoms with E-state index >= 15 is 4.39 Å². The molecule has 11 nitrogen and oxygen atoms in total. The molecular formula is C26H32FNO10. The van der Waals surface area contributed by atoms with Gasteiger partial charge >= 0.3 is 5.97 Å². The van der Waals surface area contributed by atoms with E-state index in [-0.39, 0.29) is 31.5 Å². The summed E-state index contributed by atoms with van der Waals surface area (Å²) in [5.41, 5.74) is -5.39. The maximum atomic E-state index is 17.4. The average molecular weight is 538 g/mol. The highest BCUT2D eigenvalue weighted by Crippen LogP contribution is 2.71. The summed E-state index contributed by atoms with van der Waals surface area (Å²) in [7, 11) is 0. The zero-order chi connectivity index (χ0) is 27.9. The number of allylic oxidation sites excluding steroid dienone is 4. The van der Waals surface area contributed by atoms with Crippen molar-refractivity contribution in [2.75, 3.05) is 13.2 Å². The Morgan fingerprint density at radius 3 is 2.63 bits per heavy atom. The molecule has 1 saturated heterocycles. The number of ether oxygens (including phenoxy) is 3. The molecule has 12 heteroatoms. The summed E-state index contributed by atoms with van der Waals surface area (Å²) in [6.07, 6.45) is 3.03. The van der Waals surface area contributed by atoms with Gasteiger partial charge in [-0.05, 0) is 52.0 Å². The molecule has 0 aromatic rings. The van der Waals surface area contributed by atoms with Gasteiger partial charge in [0.15, 0.2) is 36.1 Å². The lowest BCUT2D eigenvalue weighted by atomic mass is 9.45. The van der Waals surface area contributed by atoms with Crippen LogP contribution in [-0.4, -0.2) is 70.2 Å². The number of aliphatic hydroxyl groups excluding tert-OH is 1. The molecule has 3 fully saturated rings. The second-order valence-electron chi connectivity index (χ2n) is 11.9. The van der Waals surface area contributed by atoms with Crippen LogP contribution in [0.15, 0.2) is 23.8 Å². The summed E-state index contributed by atoms with van der Waals surface area (Å²) >= 11 is 0. The fraction of sp³-hybridized carbons (Fsp3) is 0.731. The lowest BCUT2D eigenvalue weighted by Gasteiger charge is -2.62. The first-order valence-electron chi connectivity index (χ1n) is 12.7. The minimum Gasteiger partial charge on any atom is -0.456 e. The van der Waals surface area contributed by atoms with E-state index in [2.05, 4.69) is 4.84 Å². The highest BCUT2D eigenvalue weighted by atomic mass is 19.1. The van der Waals surface area contributed by atoms with Gasteiger partial charge in [0, 0.05) is 23.2 Å². The van der Waals surface area contributed by atoms with E-state index in [1.54, 1.807) is 33.8 Å². The molecule has 2 saturated carbocycles. The standard InChI is InChI=1S/C26H32FNO10/c1-22(2)37-20-10-17-16-6-5-14-9-15(29)7-8-23(14,3)25(16,27)18(30)11-24(17,4)26(20,38-22)19(31)12-35-21(32)13-36-28(33)34/h5,7-8,16-18,20,30H,6,9-13H2,1-4H3/t16?,17-,18-,20+,23-,24-,25-,26+/m0/s1. The summed E-state index contributed by atoms with van der Waals surface area (Å²) < 4.78 is 34.8. The van der Waals surface area contributed by atoms with Crippen molar-refractivity contribution in [1.82, 2.24) is 0 Å². The molecule has 0 aromatic heterocycles. The molecule has 1 aliphatic heterocycles. The van der Waals surface area contributed by atoms with Crippen LogP contribution in [0.1, 0.15) is 53.4 Å². The van der Waals surface area contributed by atoms with Crippen molar-refractivity contribution in [3.63, 3.8) is 0 Å². The molecule has 4 aliphatic carbocycles. The summed E-state index contributed by atoms with van der Waals surface area (Å²) in [5, 5.41) is 20.8. The van der Waals surface area contributed by atoms with Crippen molar-refractivity contribution >= 4 is 17.5 Å². The average Bonchev–Trinajstić information content (AvgIpc) is 3.23. The number of ketones is 2. The molecule has 0 aromatic carbocycles. The van der Waals surface area contributed by atoms with Gasteiger partial charge in [0.05, 0.1) is 12.2 Å². The maximum absolute atomic E-state index is 17.4. The number of esters is 1. The minimum absolute atomic E-state index is 0.0943. The first-order valence-corrected chi connectivity index (χ1v) is 12.7. The van der Waals surface area contributed by atoms with Crippen LogP contribution >= 0.6 is 0 Å². The fourth-order valence-corrected chi connectivity index (χ4v) is 8.12. The maximum Gasteiger partial charge on any atom is 0.332 e. The third kappa shape index (κ3) is 3.45. The molecule has 5 aliphatic rings. The number of hydrogen-bond acceptors (Lipinski definition) is 10. The number of carbonyl (C=O) groups is 3. The van der Waals surface area contributed by atoms with Crippen LogP contribution in [0, 0.1) is 32.8 Å². The Morgan fingerprint density at radius 1 is 1.24 bits per heavy atom. The zero-order valence-electron chi connectivity index (χ0n) is 21.7. The first-order chi connectivity index (χ1) is 17.6. The number of rotatable bonds is 6. The van der Waals surface area contributed by atoms with Crippen molar-refractivity contribution < 1.29 is 48.0 Å². The SMILES string of the molecule is CC1(C)O[C@@H]2C[C@H]3C4CC=C5CC(=O)C=C[C@]5(C)[C@@]4(F)[C@@H](O)C[C@]3(C)[C@]2(C(=O)COC(=O)CO[N+](=O)[O-])O1. The largest absolute Gasteiger partial charge is 0.456 e. The Balaban J connectivity index is 1.50. The lowest BCUT2D eigenvalue weighted by molar-refractivity contribution is -0.754. The number of carbonyl (C=O) groups excluding carboxylic acids is 3. The molecule has 0 amide bonds. The molecule has 0 spiro atoms. The Bertz CT molecular complexity index is 1170. The van der Waals surface area contributed by atoms with Crippen LogP contribution < -0.4 is 0 Å². The van der Waals surface area contributed by atoms with Gasteiger partial charge in [0.2, 0.25) is 5.78 Å². The van der Waals surface area contributed by atoms with E-state index in [1.807, 2.05) is 6.08 Å². The van der Waals surface area contributed by atoms with Gasteiger partial charge < -0.3 is 24.2 Å². The molecular weight excluding hydrogens is 505 g/mol. The lowest BCUT2D eigenvalue weighted by Crippen LogP contribution is -2.69. The van der Waals surface area contributed by atoms with E-state index in [0.717, 1.165) is 0 Å². The minimum atomic E-state index is -2.09. The highest BCUT2D eigenvalue weighted by molar-refractivity contribution is 5.94. The molecule has 1 heterocycles. The van der Waals surface area contributed by atoms with Gasteiger partial charge in [0.25, 0.3) is 5.09 Å². The van der Waals surface area contributed by atoms with Gasteiger partial charge in [-0.3, -0.25) is 9.59 Å². The monoisotopic (exact) mass is 537 g/mol. The molecule has 1 unspecified atom stereocenters. The van der Waals surface area contributed by atoms with E-state index in [0.29, 0.717) is 5.57 Å². The van der Waals surface area contributed by atoms with E-state index < -0.39 is 82.0 Å². The fourth-order valence-electron chi connectivity index (χ4n) is 8.12. The van der Waals surface area contributed by atoms with Gasteiger partial charge in [0.1, 0.15) is 0 Å². The smallest absolute Gasteiger partial charge is 0.332 e. The normalized spacial score (nSPS) is 44.3. The Morgan fingerprint density at radius 2 is 1.95 bits per heavy atom. The summed E-state index contributed by atoms with van der Waals surface area (Å²) in [5.74, 6) is -4.19. The van der Waals surface area contributed by atoms with Crippen molar-refractivity contribution in [2.45, 2.75) is 82.6 Å². The van der Waals surface area contributed by atoms with Crippen LogP contribution in [0.4, 0.5) is 4.39 Å². The number of Topliss-reactive ketones (excluding diaryl/α,β-unsaturated/α-hetero) is 1. The molecule has 8 atom stereocenters. The van der Waals surface area contributed by atoms with Crippen molar-refractivity contribution in [2.24, 2.45) is 22.7 Å². The molecule has 38 heavy (non-hydrogen) atoms. The number of fused-ring (bicyclic) bond motifs is 7. The van der Waals surface area contributed by atoms with Crippen molar-refractivity contribution in [3.05, 3.63) is 33.9 Å². The predicted octanol–water partition coefficient (Wildman–Crippen LogP) is 2.18. The van der Waals surface area contributed by atoms with Crippen molar-refractivity contribution in [1.29, 1.82) is 0 Å². The number of alkyl halides is 1. The summed E-state index contributed by atoms with van der Waals surface area (Å²) in [6.45, 7) is 5.05. The zero-order valence-corrected chi connectivity index (χ0v) is 21.7. The number of halogens is 1. The summed E-state index contributed by atoms with van der Waals surface area (Å²) in [4.78, 5) is 52.2. The van der Waals surface area contributed by atoms with Crippen LogP contribution in [0.3, 0.4) is 0 Å². The predicted molar refractivity (Wildman–Crippen MR) is 125 cm³/mol. The van der Waals surface area contributed by atoms with Crippen LogP contribution in [-0.2, 0) is 33.4 Å². The highest BCUT2D eigenvalue weighted by Gasteiger charge is 2.80. The van der Waals surface area contributed by atoms with Gasteiger partial charge in [-0.2, -0.15) is 0 Å². The molecule has 208 valence electrons. The van der Waals surface area contributed by atoms with Crippen LogP contribution in [0.5, 0.6) is 0 Å². The Kier molecular flexibility index (Phi) is 5.94. The van der Waals surface area contributed by atoms with E-state index in [4.69, 9.17) is 14.2 Å². The van der Waals surface area contributed by atoms with E-state index in [9.17, 15) is 29.6 Å². The Hall–Kier alpha value is -2.70. The van der Waals surface area contributed by atoms with Crippen molar-refractivity contribution in [3.8, 4) is 0 Å². The second kappa shape index (κ2) is 8.40. The van der Waals surface area contributed by atoms with Gasteiger partial charge in [-0.1, -0.05) is 24.6 Å². The first kappa shape index (κ1) is 26.9. The Labute approximate surface area is 218 Å². The summed E-state index contributed by atoms with van der Waals surface area (Å²) in [6, 6.07) is 0. The topological polar surface area (TPSA) is 152 Å².